The molecule has 2 nitrogen and oxygen atoms in total. The number of piperazine rings is 1. The Morgan fingerprint density at radius 3 is 2.67 bits per heavy atom. The van der Waals surface area contributed by atoms with Gasteiger partial charge in [0.15, 0.2) is 0 Å². The van der Waals surface area contributed by atoms with Gasteiger partial charge in [0.25, 0.3) is 0 Å². The van der Waals surface area contributed by atoms with Gasteiger partial charge in [-0.25, -0.2) is 0 Å². The molecule has 1 fully saturated rings. The van der Waals surface area contributed by atoms with Crippen molar-refractivity contribution in [2.75, 3.05) is 19.6 Å². The summed E-state index contributed by atoms with van der Waals surface area (Å²) in [5.74, 6) is 0. The Morgan fingerprint density at radius 2 is 2.00 bits per heavy atom. The molecule has 0 radical (unpaired) electrons. The highest BCUT2D eigenvalue weighted by molar-refractivity contribution is 9.10. The summed E-state index contributed by atoms with van der Waals surface area (Å²) < 4.78 is 1.16. The van der Waals surface area contributed by atoms with E-state index in [0.717, 1.165) is 30.5 Å². The maximum absolute atomic E-state index is 3.53. The summed E-state index contributed by atoms with van der Waals surface area (Å²) in [5, 5.41) is 6.94. The number of aryl methyl sites for hydroxylation is 1. The molecule has 2 N–H and O–H groups in total. The van der Waals surface area contributed by atoms with Crippen LogP contribution in [0.4, 0.5) is 0 Å². The van der Waals surface area contributed by atoms with Gasteiger partial charge >= 0.3 is 0 Å². The molecule has 0 bridgehead atoms. The minimum Gasteiger partial charge on any atom is -0.314 e. The fourth-order valence-corrected chi connectivity index (χ4v) is 2.17. The molecule has 0 aliphatic carbocycles. The van der Waals surface area contributed by atoms with Crippen molar-refractivity contribution in [1.82, 2.24) is 10.6 Å². The second kappa shape index (κ2) is 5.64. The zero-order chi connectivity index (χ0) is 10.5. The largest absolute Gasteiger partial charge is 0.314 e. The van der Waals surface area contributed by atoms with Crippen molar-refractivity contribution in [1.29, 1.82) is 0 Å². The van der Waals surface area contributed by atoms with Gasteiger partial charge in [0.1, 0.15) is 0 Å². The lowest BCUT2D eigenvalue weighted by Crippen LogP contribution is -2.48. The van der Waals surface area contributed by atoms with Gasteiger partial charge in [-0.1, -0.05) is 28.1 Å². The molecule has 15 heavy (non-hydrogen) atoms. The summed E-state index contributed by atoms with van der Waals surface area (Å²) in [6, 6.07) is 9.26. The van der Waals surface area contributed by atoms with E-state index in [-0.39, 0.29) is 0 Å². The maximum Gasteiger partial charge on any atom is 0.0196 e. The lowest BCUT2D eigenvalue weighted by Gasteiger charge is -2.24. The van der Waals surface area contributed by atoms with Crippen LogP contribution in [0.1, 0.15) is 12.0 Å². The molecule has 1 aromatic rings. The Balaban J connectivity index is 1.79. The number of hydrogen-bond donors (Lipinski definition) is 2. The quantitative estimate of drug-likeness (QED) is 0.876. The van der Waals surface area contributed by atoms with E-state index >= 15 is 0 Å². The monoisotopic (exact) mass is 268 g/mol. The van der Waals surface area contributed by atoms with Crippen molar-refractivity contribution in [3.05, 3.63) is 34.3 Å². The third kappa shape index (κ3) is 3.59. The molecule has 2 rings (SSSR count). The molecule has 0 saturated carbocycles. The van der Waals surface area contributed by atoms with Gasteiger partial charge in [-0.3, -0.25) is 0 Å². The molecule has 1 aliphatic rings. The number of hydrogen-bond acceptors (Lipinski definition) is 2. The summed E-state index contributed by atoms with van der Waals surface area (Å²) in [4.78, 5) is 0. The van der Waals surface area contributed by atoms with E-state index in [4.69, 9.17) is 0 Å². The van der Waals surface area contributed by atoms with Gasteiger partial charge in [-0.05, 0) is 30.5 Å². The molecule has 0 aromatic heterocycles. The molecule has 1 heterocycles. The first-order valence-corrected chi connectivity index (χ1v) is 6.32. The van der Waals surface area contributed by atoms with E-state index in [9.17, 15) is 0 Å². The summed E-state index contributed by atoms with van der Waals surface area (Å²) >= 11 is 3.45. The van der Waals surface area contributed by atoms with Crippen molar-refractivity contribution >= 4 is 15.9 Å². The Bertz CT molecular complexity index is 291. The van der Waals surface area contributed by atoms with Crippen molar-refractivity contribution in [2.24, 2.45) is 0 Å². The van der Waals surface area contributed by atoms with Gasteiger partial charge < -0.3 is 10.6 Å². The molecular weight excluding hydrogens is 252 g/mol. The van der Waals surface area contributed by atoms with Crippen molar-refractivity contribution in [3.63, 3.8) is 0 Å². The first-order valence-electron chi connectivity index (χ1n) is 5.53. The van der Waals surface area contributed by atoms with Gasteiger partial charge in [0.05, 0.1) is 0 Å². The predicted octanol–water partition coefficient (Wildman–Crippen LogP) is 1.94. The van der Waals surface area contributed by atoms with Crippen molar-refractivity contribution in [2.45, 2.75) is 18.9 Å². The number of halogens is 1. The summed E-state index contributed by atoms with van der Waals surface area (Å²) in [6.07, 6.45) is 2.38. The summed E-state index contributed by atoms with van der Waals surface area (Å²) in [6.45, 7) is 3.32. The Kier molecular flexibility index (Phi) is 4.18. The topological polar surface area (TPSA) is 24.1 Å². The molecule has 1 unspecified atom stereocenters. The first kappa shape index (κ1) is 11.1. The molecule has 1 aliphatic heterocycles. The molecule has 0 amide bonds. The third-order valence-electron chi connectivity index (χ3n) is 2.82. The van der Waals surface area contributed by atoms with Gasteiger partial charge in [-0.15, -0.1) is 0 Å². The van der Waals surface area contributed by atoms with E-state index in [1.165, 1.54) is 12.0 Å². The molecular formula is C12H17BrN2. The Labute approximate surface area is 99.6 Å². The average molecular weight is 269 g/mol. The van der Waals surface area contributed by atoms with Crippen molar-refractivity contribution < 1.29 is 0 Å². The standard InChI is InChI=1S/C12H17BrN2/c13-11-4-1-10(2-5-11)3-6-12-9-14-7-8-15-12/h1-2,4-5,12,14-15H,3,6-9H2. The second-order valence-electron chi connectivity index (χ2n) is 4.02. The van der Waals surface area contributed by atoms with Crippen molar-refractivity contribution in [3.8, 4) is 0 Å². The molecule has 0 spiro atoms. The highest BCUT2D eigenvalue weighted by Gasteiger charge is 2.11. The van der Waals surface area contributed by atoms with Crippen LogP contribution in [0.5, 0.6) is 0 Å². The van der Waals surface area contributed by atoms with Crippen LogP contribution in [-0.2, 0) is 6.42 Å². The van der Waals surface area contributed by atoms with Gasteiger partial charge in [-0.2, -0.15) is 0 Å². The lowest BCUT2D eigenvalue weighted by molar-refractivity contribution is 0.400. The number of nitrogens with one attached hydrogen (secondary N) is 2. The van der Waals surface area contributed by atoms with Crippen LogP contribution in [0.2, 0.25) is 0 Å². The predicted molar refractivity (Wildman–Crippen MR) is 67.1 cm³/mol. The minimum absolute atomic E-state index is 0.641. The zero-order valence-electron chi connectivity index (χ0n) is 8.80. The molecule has 82 valence electrons. The van der Waals surface area contributed by atoms with Crippen LogP contribution < -0.4 is 10.6 Å². The van der Waals surface area contributed by atoms with Crippen LogP contribution in [0, 0.1) is 0 Å². The molecule has 3 heteroatoms. The Morgan fingerprint density at radius 1 is 1.20 bits per heavy atom. The van der Waals surface area contributed by atoms with E-state index in [2.05, 4.69) is 50.8 Å². The third-order valence-corrected chi connectivity index (χ3v) is 3.35. The molecule has 1 saturated heterocycles. The highest BCUT2D eigenvalue weighted by atomic mass is 79.9. The number of rotatable bonds is 3. The SMILES string of the molecule is Brc1ccc(CCC2CNCCN2)cc1. The highest BCUT2D eigenvalue weighted by Crippen LogP contribution is 2.12. The lowest BCUT2D eigenvalue weighted by atomic mass is 10.0. The van der Waals surface area contributed by atoms with Gasteiger partial charge in [0, 0.05) is 30.1 Å². The number of benzene rings is 1. The zero-order valence-corrected chi connectivity index (χ0v) is 10.4. The summed E-state index contributed by atoms with van der Waals surface area (Å²) in [7, 11) is 0. The van der Waals surface area contributed by atoms with Crippen LogP contribution in [0.25, 0.3) is 0 Å². The van der Waals surface area contributed by atoms with Crippen LogP contribution >= 0.6 is 15.9 Å². The second-order valence-corrected chi connectivity index (χ2v) is 4.94. The fraction of sp³-hybridized carbons (Fsp3) is 0.500. The normalized spacial score (nSPS) is 21.5. The van der Waals surface area contributed by atoms with E-state index in [1.54, 1.807) is 0 Å². The van der Waals surface area contributed by atoms with Crippen LogP contribution in [0.15, 0.2) is 28.7 Å². The van der Waals surface area contributed by atoms with E-state index in [1.807, 2.05) is 0 Å². The van der Waals surface area contributed by atoms with E-state index in [0.29, 0.717) is 6.04 Å². The molecule has 1 atom stereocenters. The fourth-order valence-electron chi connectivity index (χ4n) is 1.91. The first-order chi connectivity index (χ1) is 7.34. The maximum atomic E-state index is 3.53. The van der Waals surface area contributed by atoms with E-state index < -0.39 is 0 Å². The summed E-state index contributed by atoms with van der Waals surface area (Å²) in [5.41, 5.74) is 1.42. The minimum atomic E-state index is 0.641. The van der Waals surface area contributed by atoms with Gasteiger partial charge in [0.2, 0.25) is 0 Å². The van der Waals surface area contributed by atoms with Crippen LogP contribution in [-0.4, -0.2) is 25.7 Å². The van der Waals surface area contributed by atoms with Crippen LogP contribution in [0.3, 0.4) is 0 Å². The molecule has 1 aromatic carbocycles. The average Bonchev–Trinajstić information content (AvgIpc) is 2.30. The smallest absolute Gasteiger partial charge is 0.0196 e. The Hall–Kier alpha value is -0.380.